The SMILES string of the molecule is CC(=O)c1ccc(SCCN(C)C)cn1. The Morgan fingerprint density at radius 3 is 2.67 bits per heavy atom. The molecule has 0 saturated heterocycles. The highest BCUT2D eigenvalue weighted by atomic mass is 32.2. The topological polar surface area (TPSA) is 33.2 Å². The molecule has 1 rings (SSSR count). The van der Waals surface area contributed by atoms with E-state index in [-0.39, 0.29) is 5.78 Å². The molecule has 1 aromatic heterocycles. The van der Waals surface area contributed by atoms with E-state index in [1.807, 2.05) is 6.07 Å². The maximum absolute atomic E-state index is 11.0. The number of aromatic nitrogens is 1. The number of hydrogen-bond donors (Lipinski definition) is 0. The van der Waals surface area contributed by atoms with Crippen LogP contribution in [0.2, 0.25) is 0 Å². The van der Waals surface area contributed by atoms with Gasteiger partial charge < -0.3 is 4.90 Å². The predicted octanol–water partition coefficient (Wildman–Crippen LogP) is 1.94. The van der Waals surface area contributed by atoms with Gasteiger partial charge in [-0.3, -0.25) is 9.78 Å². The summed E-state index contributed by atoms with van der Waals surface area (Å²) in [4.78, 5) is 18.3. The van der Waals surface area contributed by atoms with Crippen molar-refractivity contribution in [3.63, 3.8) is 0 Å². The minimum Gasteiger partial charge on any atom is -0.309 e. The summed E-state index contributed by atoms with van der Waals surface area (Å²) >= 11 is 1.75. The number of thioether (sulfide) groups is 1. The van der Waals surface area contributed by atoms with Crippen molar-refractivity contribution in [3.8, 4) is 0 Å². The van der Waals surface area contributed by atoms with Crippen LogP contribution < -0.4 is 0 Å². The monoisotopic (exact) mass is 224 g/mol. The summed E-state index contributed by atoms with van der Waals surface area (Å²) in [6.45, 7) is 2.57. The highest BCUT2D eigenvalue weighted by molar-refractivity contribution is 7.99. The molecule has 0 saturated carbocycles. The Morgan fingerprint density at radius 1 is 1.47 bits per heavy atom. The molecule has 0 aromatic carbocycles. The average molecular weight is 224 g/mol. The van der Waals surface area contributed by atoms with Crippen molar-refractivity contribution in [1.29, 1.82) is 0 Å². The van der Waals surface area contributed by atoms with Crippen LogP contribution in [0.25, 0.3) is 0 Å². The van der Waals surface area contributed by atoms with Crippen LogP contribution in [0.5, 0.6) is 0 Å². The third kappa shape index (κ3) is 4.44. The van der Waals surface area contributed by atoms with Crippen molar-refractivity contribution >= 4 is 17.5 Å². The average Bonchev–Trinajstić information content (AvgIpc) is 2.18. The van der Waals surface area contributed by atoms with Crippen LogP contribution in [0.15, 0.2) is 23.2 Å². The molecular formula is C11H16N2OS. The van der Waals surface area contributed by atoms with Crippen LogP contribution in [-0.4, -0.2) is 42.1 Å². The van der Waals surface area contributed by atoms with Crippen molar-refractivity contribution in [2.24, 2.45) is 0 Å². The number of pyridine rings is 1. The maximum Gasteiger partial charge on any atom is 0.178 e. The second-order valence-corrected chi connectivity index (χ2v) is 4.76. The number of hydrogen-bond acceptors (Lipinski definition) is 4. The smallest absolute Gasteiger partial charge is 0.178 e. The number of nitrogens with zero attached hydrogens (tertiary/aromatic N) is 2. The second kappa shape index (κ2) is 5.88. The minimum absolute atomic E-state index is 0.0137. The number of Topliss-reactive ketones (excluding diaryl/α,β-unsaturated/α-hetero) is 1. The van der Waals surface area contributed by atoms with Gasteiger partial charge in [-0.1, -0.05) is 0 Å². The summed E-state index contributed by atoms with van der Waals surface area (Å²) in [5, 5.41) is 0. The fourth-order valence-corrected chi connectivity index (χ4v) is 2.00. The van der Waals surface area contributed by atoms with Crippen molar-refractivity contribution in [2.75, 3.05) is 26.4 Å². The number of rotatable bonds is 5. The molecule has 0 aliphatic carbocycles. The van der Waals surface area contributed by atoms with E-state index in [1.54, 1.807) is 24.0 Å². The van der Waals surface area contributed by atoms with E-state index in [4.69, 9.17) is 0 Å². The van der Waals surface area contributed by atoms with Gasteiger partial charge in [0.15, 0.2) is 5.78 Å². The van der Waals surface area contributed by atoms with Crippen molar-refractivity contribution in [1.82, 2.24) is 9.88 Å². The predicted molar refractivity (Wildman–Crippen MR) is 63.5 cm³/mol. The highest BCUT2D eigenvalue weighted by Gasteiger charge is 2.01. The molecule has 3 nitrogen and oxygen atoms in total. The Kier molecular flexibility index (Phi) is 4.78. The Hall–Kier alpha value is -0.870. The first-order valence-corrected chi connectivity index (χ1v) is 5.82. The second-order valence-electron chi connectivity index (χ2n) is 3.59. The molecule has 0 bridgehead atoms. The van der Waals surface area contributed by atoms with E-state index in [9.17, 15) is 4.79 Å². The zero-order valence-corrected chi connectivity index (χ0v) is 10.2. The van der Waals surface area contributed by atoms with E-state index < -0.39 is 0 Å². The summed E-state index contributed by atoms with van der Waals surface area (Å²) in [6, 6.07) is 3.73. The van der Waals surface area contributed by atoms with Crippen LogP contribution >= 0.6 is 11.8 Å². The number of carbonyl (C=O) groups excluding carboxylic acids is 1. The third-order valence-electron chi connectivity index (χ3n) is 1.90. The molecule has 0 N–H and O–H groups in total. The lowest BCUT2D eigenvalue weighted by Gasteiger charge is -2.08. The standard InChI is InChI=1S/C11H16N2OS/c1-9(14)11-5-4-10(8-12-11)15-7-6-13(2)3/h4-5,8H,6-7H2,1-3H3. The highest BCUT2D eigenvalue weighted by Crippen LogP contribution is 2.16. The molecule has 0 radical (unpaired) electrons. The number of ketones is 1. The van der Waals surface area contributed by atoms with Crippen molar-refractivity contribution in [2.45, 2.75) is 11.8 Å². The van der Waals surface area contributed by atoms with E-state index in [0.29, 0.717) is 5.69 Å². The lowest BCUT2D eigenvalue weighted by molar-refractivity contribution is 0.101. The van der Waals surface area contributed by atoms with Crippen molar-refractivity contribution in [3.05, 3.63) is 24.0 Å². The van der Waals surface area contributed by atoms with Crippen LogP contribution in [0, 0.1) is 0 Å². The molecule has 0 aliphatic heterocycles. The summed E-state index contributed by atoms with van der Waals surface area (Å²) < 4.78 is 0. The van der Waals surface area contributed by atoms with Crippen LogP contribution in [-0.2, 0) is 0 Å². The van der Waals surface area contributed by atoms with Gasteiger partial charge in [-0.2, -0.15) is 0 Å². The quantitative estimate of drug-likeness (QED) is 0.565. The first kappa shape index (κ1) is 12.2. The Morgan fingerprint density at radius 2 is 2.20 bits per heavy atom. The molecule has 0 fully saturated rings. The molecule has 1 aromatic rings. The molecule has 0 atom stereocenters. The van der Waals surface area contributed by atoms with Gasteiger partial charge in [-0.15, -0.1) is 11.8 Å². The molecule has 82 valence electrons. The fourth-order valence-electron chi connectivity index (χ4n) is 1.02. The Bertz CT molecular complexity index is 322. The van der Waals surface area contributed by atoms with Gasteiger partial charge in [-0.25, -0.2) is 0 Å². The Balaban J connectivity index is 2.46. The molecule has 0 unspecified atom stereocenters. The Labute approximate surface area is 94.9 Å². The minimum atomic E-state index is 0.0137. The molecule has 15 heavy (non-hydrogen) atoms. The zero-order valence-electron chi connectivity index (χ0n) is 9.36. The van der Waals surface area contributed by atoms with Gasteiger partial charge >= 0.3 is 0 Å². The van der Waals surface area contributed by atoms with E-state index in [2.05, 4.69) is 24.0 Å². The van der Waals surface area contributed by atoms with Gasteiger partial charge in [0.05, 0.1) is 0 Å². The largest absolute Gasteiger partial charge is 0.309 e. The molecule has 4 heteroatoms. The van der Waals surface area contributed by atoms with Gasteiger partial charge in [0.2, 0.25) is 0 Å². The van der Waals surface area contributed by atoms with Crippen LogP contribution in [0.1, 0.15) is 17.4 Å². The lowest BCUT2D eigenvalue weighted by atomic mass is 10.3. The van der Waals surface area contributed by atoms with Crippen LogP contribution in [0.4, 0.5) is 0 Å². The summed E-state index contributed by atoms with van der Waals surface area (Å²) in [7, 11) is 4.11. The van der Waals surface area contributed by atoms with Gasteiger partial charge in [-0.05, 0) is 26.2 Å². The molecule has 0 aliphatic rings. The normalized spacial score (nSPS) is 10.7. The zero-order chi connectivity index (χ0) is 11.3. The van der Waals surface area contributed by atoms with E-state index in [1.165, 1.54) is 6.92 Å². The van der Waals surface area contributed by atoms with Gasteiger partial charge in [0.1, 0.15) is 5.69 Å². The van der Waals surface area contributed by atoms with E-state index >= 15 is 0 Å². The summed E-state index contributed by atoms with van der Waals surface area (Å²) in [6.07, 6.45) is 1.76. The van der Waals surface area contributed by atoms with Gasteiger partial charge in [0.25, 0.3) is 0 Å². The molecule has 0 amide bonds. The van der Waals surface area contributed by atoms with Crippen LogP contribution in [0.3, 0.4) is 0 Å². The van der Waals surface area contributed by atoms with Gasteiger partial charge in [0, 0.05) is 30.3 Å². The van der Waals surface area contributed by atoms with Crippen molar-refractivity contribution < 1.29 is 4.79 Å². The summed E-state index contributed by atoms with van der Waals surface area (Å²) in [5.41, 5.74) is 0.534. The fraction of sp³-hybridized carbons (Fsp3) is 0.455. The number of carbonyl (C=O) groups is 1. The third-order valence-corrected chi connectivity index (χ3v) is 2.87. The van der Waals surface area contributed by atoms with E-state index in [0.717, 1.165) is 17.2 Å². The molecule has 1 heterocycles. The first-order valence-electron chi connectivity index (χ1n) is 4.84. The maximum atomic E-state index is 11.0. The molecular weight excluding hydrogens is 208 g/mol. The summed E-state index contributed by atoms with van der Waals surface area (Å²) in [5.74, 6) is 1.05. The molecule has 0 spiro atoms. The lowest BCUT2D eigenvalue weighted by Crippen LogP contribution is -2.14. The first-order chi connectivity index (χ1) is 7.09.